The van der Waals surface area contributed by atoms with Gasteiger partial charge in [-0.1, -0.05) is 42.5 Å². The number of piperidine rings is 1. The van der Waals surface area contributed by atoms with Crippen LogP contribution in [-0.4, -0.2) is 32.4 Å². The van der Waals surface area contributed by atoms with Gasteiger partial charge in [0, 0.05) is 13.1 Å². The third kappa shape index (κ3) is 6.99. The van der Waals surface area contributed by atoms with Gasteiger partial charge in [0.1, 0.15) is 5.82 Å². The molecule has 1 heterocycles. The number of aryl methyl sites for hydroxylation is 1. The minimum absolute atomic E-state index is 0.397. The summed E-state index contributed by atoms with van der Waals surface area (Å²) in [5.41, 5.74) is 1.87. The third-order valence-electron chi connectivity index (χ3n) is 5.36. The number of likely N-dealkylation sites (tertiary alicyclic amines) is 1. The van der Waals surface area contributed by atoms with Crippen LogP contribution in [0.4, 0.5) is 9.18 Å². The monoisotopic (exact) mass is 430 g/mol. The summed E-state index contributed by atoms with van der Waals surface area (Å²) in [5.74, 6) is 0.166. The second kappa shape index (κ2) is 10.4. The molecule has 1 N–H and O–H groups in total. The number of carbonyl (C=O) groups excluding carboxylic acids is 1. The highest BCUT2D eigenvalue weighted by Gasteiger charge is 2.24. The fourth-order valence-electron chi connectivity index (χ4n) is 3.63. The van der Waals surface area contributed by atoms with Crippen molar-refractivity contribution in [2.45, 2.75) is 32.1 Å². The van der Waals surface area contributed by atoms with Crippen molar-refractivity contribution in [2.24, 2.45) is 5.92 Å². The van der Waals surface area contributed by atoms with Crippen LogP contribution in [0.15, 0.2) is 60.0 Å². The molecule has 30 heavy (non-hydrogen) atoms. The van der Waals surface area contributed by atoms with E-state index in [1.54, 1.807) is 4.90 Å². The maximum absolute atomic E-state index is 12.9. The van der Waals surface area contributed by atoms with E-state index < -0.39 is 21.9 Å². The molecular formula is C23H27FN2O3S. The molecular weight excluding hydrogens is 403 g/mol. The number of nitrogens with zero attached hydrogens (tertiary/aromatic N) is 1. The van der Waals surface area contributed by atoms with Crippen molar-refractivity contribution < 1.29 is 17.6 Å². The first-order valence-electron chi connectivity index (χ1n) is 10.2. The van der Waals surface area contributed by atoms with Gasteiger partial charge in [-0.25, -0.2) is 22.3 Å². The molecule has 0 bridgehead atoms. The molecule has 0 radical (unpaired) electrons. The number of sulfonamides is 1. The molecule has 160 valence electrons. The van der Waals surface area contributed by atoms with Crippen LogP contribution in [0.1, 0.15) is 36.8 Å². The molecule has 7 heteroatoms. The normalized spacial score (nSPS) is 15.4. The highest BCUT2D eigenvalue weighted by Crippen LogP contribution is 2.23. The van der Waals surface area contributed by atoms with Crippen LogP contribution in [-0.2, 0) is 16.4 Å². The van der Waals surface area contributed by atoms with E-state index in [9.17, 15) is 17.6 Å². The van der Waals surface area contributed by atoms with Gasteiger partial charge in [0.25, 0.3) is 10.0 Å². The Hall–Kier alpha value is -2.67. The van der Waals surface area contributed by atoms with Gasteiger partial charge in [-0.05, 0) is 67.4 Å². The second-order valence-electron chi connectivity index (χ2n) is 7.61. The highest BCUT2D eigenvalue weighted by atomic mass is 32.2. The van der Waals surface area contributed by atoms with E-state index in [0.29, 0.717) is 24.6 Å². The van der Waals surface area contributed by atoms with Crippen LogP contribution in [0.25, 0.3) is 6.08 Å². The van der Waals surface area contributed by atoms with Gasteiger partial charge in [0.05, 0.1) is 5.41 Å². The van der Waals surface area contributed by atoms with E-state index in [-0.39, 0.29) is 0 Å². The lowest BCUT2D eigenvalue weighted by Crippen LogP contribution is -2.45. The maximum Gasteiger partial charge on any atom is 0.331 e. The zero-order chi connectivity index (χ0) is 21.4. The van der Waals surface area contributed by atoms with Gasteiger partial charge in [-0.3, -0.25) is 0 Å². The fourth-order valence-corrected chi connectivity index (χ4v) is 4.40. The second-order valence-corrected chi connectivity index (χ2v) is 9.18. The van der Waals surface area contributed by atoms with Gasteiger partial charge in [0.2, 0.25) is 0 Å². The lowest BCUT2D eigenvalue weighted by molar-refractivity contribution is 0.172. The number of hydrogen-bond donors (Lipinski definition) is 1. The van der Waals surface area contributed by atoms with Crippen LogP contribution in [0.3, 0.4) is 0 Å². The topological polar surface area (TPSA) is 66.5 Å². The molecule has 0 atom stereocenters. The molecule has 0 spiro atoms. The number of nitrogens with one attached hydrogen (secondary N) is 1. The minimum Gasteiger partial charge on any atom is -0.324 e. The standard InChI is InChI=1S/C23H27FN2O3S/c24-22-11-9-21(10-12-22)15-18-30(28,29)25-23(27)26-16-13-20(14-17-26)8-4-7-19-5-2-1-3-6-19/h1-3,5-6,9-12,15,18,20H,4,7-8,13-14,16-17H2,(H,25,27). The van der Waals surface area contributed by atoms with Crippen LogP contribution in [0.5, 0.6) is 0 Å². The molecule has 3 rings (SSSR count). The molecule has 2 aromatic rings. The first-order chi connectivity index (χ1) is 14.4. The average molecular weight is 431 g/mol. The van der Waals surface area contributed by atoms with Crippen LogP contribution < -0.4 is 4.72 Å². The Morgan fingerprint density at radius 2 is 1.73 bits per heavy atom. The van der Waals surface area contributed by atoms with Crippen molar-refractivity contribution >= 4 is 22.1 Å². The van der Waals surface area contributed by atoms with E-state index in [1.807, 2.05) is 6.07 Å². The summed E-state index contributed by atoms with van der Waals surface area (Å²) >= 11 is 0. The van der Waals surface area contributed by atoms with Crippen LogP contribution >= 0.6 is 0 Å². The number of halogens is 1. The van der Waals surface area contributed by atoms with Crippen LogP contribution in [0, 0.1) is 11.7 Å². The van der Waals surface area contributed by atoms with Crippen molar-refractivity contribution in [3.8, 4) is 0 Å². The van der Waals surface area contributed by atoms with Gasteiger partial charge in [-0.2, -0.15) is 0 Å². The quantitative estimate of drug-likeness (QED) is 0.700. The fraction of sp³-hybridized carbons (Fsp3) is 0.348. The molecule has 0 aromatic heterocycles. The molecule has 1 fully saturated rings. The molecule has 0 aliphatic carbocycles. The van der Waals surface area contributed by atoms with E-state index in [0.717, 1.165) is 37.5 Å². The Morgan fingerprint density at radius 1 is 1.07 bits per heavy atom. The maximum atomic E-state index is 12.9. The van der Waals surface area contributed by atoms with Gasteiger partial charge >= 0.3 is 6.03 Å². The number of rotatable bonds is 7. The van der Waals surface area contributed by atoms with E-state index in [2.05, 4.69) is 29.0 Å². The molecule has 5 nitrogen and oxygen atoms in total. The van der Waals surface area contributed by atoms with E-state index >= 15 is 0 Å². The number of hydrogen-bond acceptors (Lipinski definition) is 3. The zero-order valence-corrected chi connectivity index (χ0v) is 17.7. The van der Waals surface area contributed by atoms with Crippen molar-refractivity contribution in [3.63, 3.8) is 0 Å². The predicted molar refractivity (Wildman–Crippen MR) is 117 cm³/mol. The molecule has 1 aliphatic rings. The van der Waals surface area contributed by atoms with Gasteiger partial charge in [0.15, 0.2) is 0 Å². The Morgan fingerprint density at radius 3 is 2.40 bits per heavy atom. The summed E-state index contributed by atoms with van der Waals surface area (Å²) < 4.78 is 39.3. The van der Waals surface area contributed by atoms with Crippen molar-refractivity contribution in [1.29, 1.82) is 0 Å². The van der Waals surface area contributed by atoms with Crippen LogP contribution in [0.2, 0.25) is 0 Å². The number of benzene rings is 2. The lowest BCUT2D eigenvalue weighted by atomic mass is 9.91. The summed E-state index contributed by atoms with van der Waals surface area (Å²) in [7, 11) is -3.91. The smallest absolute Gasteiger partial charge is 0.324 e. The molecule has 2 amide bonds. The molecule has 0 unspecified atom stereocenters. The Balaban J connectivity index is 1.41. The summed E-state index contributed by atoms with van der Waals surface area (Å²) in [6.45, 7) is 1.11. The van der Waals surface area contributed by atoms with Crippen molar-refractivity contribution in [1.82, 2.24) is 9.62 Å². The number of urea groups is 1. The Kier molecular flexibility index (Phi) is 7.63. The summed E-state index contributed by atoms with van der Waals surface area (Å²) in [6.07, 6.45) is 6.38. The van der Waals surface area contributed by atoms with Crippen molar-refractivity contribution in [2.75, 3.05) is 13.1 Å². The SMILES string of the molecule is O=C(NS(=O)(=O)C=Cc1ccc(F)cc1)N1CCC(CCCc2ccccc2)CC1. The van der Waals surface area contributed by atoms with Gasteiger partial charge < -0.3 is 4.90 Å². The summed E-state index contributed by atoms with van der Waals surface area (Å²) in [6, 6.07) is 15.2. The predicted octanol–water partition coefficient (Wildman–Crippen LogP) is 4.57. The summed E-state index contributed by atoms with van der Waals surface area (Å²) in [5, 5.41) is 0.925. The summed E-state index contributed by atoms with van der Waals surface area (Å²) in [4.78, 5) is 13.9. The molecule has 1 saturated heterocycles. The largest absolute Gasteiger partial charge is 0.331 e. The zero-order valence-electron chi connectivity index (χ0n) is 16.8. The first kappa shape index (κ1) is 22.0. The molecule has 2 aromatic carbocycles. The lowest BCUT2D eigenvalue weighted by Gasteiger charge is -2.31. The number of carbonyl (C=O) groups is 1. The van der Waals surface area contributed by atoms with E-state index in [4.69, 9.17) is 0 Å². The Bertz CT molecular complexity index is 952. The minimum atomic E-state index is -3.91. The van der Waals surface area contributed by atoms with Gasteiger partial charge in [-0.15, -0.1) is 0 Å². The number of amides is 2. The average Bonchev–Trinajstić information content (AvgIpc) is 2.74. The molecule has 1 aliphatic heterocycles. The third-order valence-corrected chi connectivity index (χ3v) is 6.32. The Labute approximate surface area is 177 Å². The molecule has 0 saturated carbocycles. The van der Waals surface area contributed by atoms with E-state index in [1.165, 1.54) is 35.9 Å². The highest BCUT2D eigenvalue weighted by molar-refractivity contribution is 7.93. The first-order valence-corrected chi connectivity index (χ1v) is 11.8. The van der Waals surface area contributed by atoms with Crippen molar-refractivity contribution in [3.05, 3.63) is 76.9 Å².